The number of halogens is 4. The van der Waals surface area contributed by atoms with Crippen molar-refractivity contribution in [3.05, 3.63) is 29.3 Å². The second-order valence-electron chi connectivity index (χ2n) is 4.58. The number of benzene rings is 1. The molecule has 2 nitrogen and oxygen atoms in total. The van der Waals surface area contributed by atoms with Gasteiger partial charge >= 0.3 is 12.3 Å². The zero-order valence-corrected chi connectivity index (χ0v) is 11.7. The Kier molecular flexibility index (Phi) is 5.80. The number of nitrogens with one attached hydrogen (secondary N) is 1. The average molecular weight is 293 g/mol. The summed E-state index contributed by atoms with van der Waals surface area (Å²) in [5, 5.41) is 2.51. The van der Waals surface area contributed by atoms with Crippen molar-refractivity contribution >= 4 is 0 Å². The summed E-state index contributed by atoms with van der Waals surface area (Å²) < 4.78 is 57.7. The molecule has 1 N–H and O–H groups in total. The van der Waals surface area contributed by atoms with Gasteiger partial charge in [0.1, 0.15) is 11.8 Å². The Morgan fingerprint density at radius 3 is 2.40 bits per heavy atom. The Bertz CT molecular complexity index is 437. The van der Waals surface area contributed by atoms with E-state index in [1.54, 1.807) is 19.9 Å². The number of rotatable bonds is 7. The van der Waals surface area contributed by atoms with Crippen LogP contribution in [0.1, 0.15) is 30.5 Å². The Morgan fingerprint density at radius 2 is 1.95 bits per heavy atom. The van der Waals surface area contributed by atoms with Crippen LogP contribution in [0.25, 0.3) is 0 Å². The molecule has 0 aliphatic rings. The highest BCUT2D eigenvalue weighted by Crippen LogP contribution is 2.38. The van der Waals surface area contributed by atoms with Crippen molar-refractivity contribution in [3.8, 4) is 5.75 Å². The van der Waals surface area contributed by atoms with Crippen LogP contribution in [0.4, 0.5) is 17.6 Å². The van der Waals surface area contributed by atoms with E-state index in [2.05, 4.69) is 5.32 Å². The molecule has 0 amide bonds. The van der Waals surface area contributed by atoms with Crippen LogP contribution in [-0.4, -0.2) is 26.0 Å². The number of ether oxygens (including phenoxy) is 1. The molecule has 0 fully saturated rings. The van der Waals surface area contributed by atoms with E-state index in [-0.39, 0.29) is 12.1 Å². The van der Waals surface area contributed by atoms with Gasteiger partial charge in [-0.2, -0.15) is 8.78 Å². The summed E-state index contributed by atoms with van der Waals surface area (Å²) in [5.74, 6) is -3.63. The summed E-state index contributed by atoms with van der Waals surface area (Å²) in [4.78, 5) is 0. The highest BCUT2D eigenvalue weighted by atomic mass is 19.3. The molecule has 1 unspecified atom stereocenters. The van der Waals surface area contributed by atoms with Gasteiger partial charge in [-0.1, -0.05) is 13.0 Å². The van der Waals surface area contributed by atoms with Crippen LogP contribution in [0.5, 0.6) is 5.75 Å². The standard InChI is InChI=1S/C14H19F4NO/c1-4-7-19-12(14(17,18)13(15)16)11-6-5-10(20-3)8-9(11)2/h5-6,8,12-13,19H,4,7H2,1-3H3. The molecule has 1 aromatic carbocycles. The van der Waals surface area contributed by atoms with Crippen molar-refractivity contribution in [1.82, 2.24) is 5.32 Å². The Balaban J connectivity index is 3.17. The highest BCUT2D eigenvalue weighted by molar-refractivity contribution is 5.37. The fourth-order valence-corrected chi connectivity index (χ4v) is 1.97. The van der Waals surface area contributed by atoms with E-state index in [1.807, 2.05) is 0 Å². The lowest BCUT2D eigenvalue weighted by Gasteiger charge is -2.29. The van der Waals surface area contributed by atoms with E-state index in [0.717, 1.165) is 0 Å². The van der Waals surface area contributed by atoms with Crippen molar-refractivity contribution in [2.45, 2.75) is 38.7 Å². The molecule has 0 spiro atoms. The monoisotopic (exact) mass is 293 g/mol. The third-order valence-electron chi connectivity index (χ3n) is 3.06. The summed E-state index contributed by atoms with van der Waals surface area (Å²) in [7, 11) is 1.45. The smallest absolute Gasteiger partial charge is 0.326 e. The van der Waals surface area contributed by atoms with Crippen molar-refractivity contribution in [2.75, 3.05) is 13.7 Å². The predicted octanol–water partition coefficient (Wildman–Crippen LogP) is 3.94. The molecule has 0 bridgehead atoms. The average Bonchev–Trinajstić information content (AvgIpc) is 2.40. The molecule has 1 atom stereocenters. The summed E-state index contributed by atoms with van der Waals surface area (Å²) >= 11 is 0. The number of aryl methyl sites for hydroxylation is 1. The lowest BCUT2D eigenvalue weighted by Crippen LogP contribution is -2.43. The first-order valence-electron chi connectivity index (χ1n) is 6.38. The Labute approximate surface area is 116 Å². The van der Waals surface area contributed by atoms with E-state index >= 15 is 0 Å². The van der Waals surface area contributed by atoms with E-state index in [0.29, 0.717) is 17.7 Å². The van der Waals surface area contributed by atoms with Gasteiger partial charge in [-0.25, -0.2) is 8.78 Å². The van der Waals surface area contributed by atoms with Crippen molar-refractivity contribution < 1.29 is 22.3 Å². The molecule has 0 saturated carbocycles. The van der Waals surface area contributed by atoms with Crippen molar-refractivity contribution in [1.29, 1.82) is 0 Å². The fraction of sp³-hybridized carbons (Fsp3) is 0.571. The van der Waals surface area contributed by atoms with Crippen LogP contribution in [0.15, 0.2) is 18.2 Å². The fourth-order valence-electron chi connectivity index (χ4n) is 1.97. The van der Waals surface area contributed by atoms with Crippen LogP contribution < -0.4 is 10.1 Å². The quantitative estimate of drug-likeness (QED) is 0.769. The first kappa shape index (κ1) is 16.8. The molecule has 0 aromatic heterocycles. The highest BCUT2D eigenvalue weighted by Gasteiger charge is 2.49. The lowest BCUT2D eigenvalue weighted by molar-refractivity contribution is -0.151. The molecule has 114 valence electrons. The van der Waals surface area contributed by atoms with Crippen molar-refractivity contribution in [2.24, 2.45) is 0 Å². The first-order valence-corrected chi connectivity index (χ1v) is 6.38. The van der Waals surface area contributed by atoms with Gasteiger partial charge < -0.3 is 10.1 Å². The molecular formula is C14H19F4NO. The SMILES string of the molecule is CCCNC(c1ccc(OC)cc1C)C(F)(F)C(F)F. The Hall–Kier alpha value is -1.30. The van der Waals surface area contributed by atoms with Gasteiger partial charge in [-0.3, -0.25) is 0 Å². The molecule has 20 heavy (non-hydrogen) atoms. The van der Waals surface area contributed by atoms with E-state index in [4.69, 9.17) is 4.74 Å². The minimum absolute atomic E-state index is 0.157. The van der Waals surface area contributed by atoms with E-state index in [9.17, 15) is 17.6 Å². The topological polar surface area (TPSA) is 21.3 Å². The van der Waals surface area contributed by atoms with Crippen LogP contribution >= 0.6 is 0 Å². The van der Waals surface area contributed by atoms with Crippen LogP contribution in [0, 0.1) is 6.92 Å². The molecule has 6 heteroatoms. The van der Waals surface area contributed by atoms with Gasteiger partial charge in [0, 0.05) is 0 Å². The van der Waals surface area contributed by atoms with E-state index < -0.39 is 18.4 Å². The van der Waals surface area contributed by atoms with Crippen LogP contribution in [-0.2, 0) is 0 Å². The molecule has 0 aliphatic heterocycles. The maximum absolute atomic E-state index is 13.7. The maximum atomic E-state index is 13.7. The maximum Gasteiger partial charge on any atom is 0.326 e. The molecule has 1 aromatic rings. The van der Waals surface area contributed by atoms with Crippen molar-refractivity contribution in [3.63, 3.8) is 0 Å². The number of hydrogen-bond donors (Lipinski definition) is 1. The minimum atomic E-state index is -4.13. The largest absolute Gasteiger partial charge is 0.497 e. The van der Waals surface area contributed by atoms with Crippen LogP contribution in [0.3, 0.4) is 0 Å². The van der Waals surface area contributed by atoms with Gasteiger partial charge in [-0.05, 0) is 43.1 Å². The second kappa shape index (κ2) is 6.92. The third kappa shape index (κ3) is 3.62. The summed E-state index contributed by atoms with van der Waals surface area (Å²) in [6.45, 7) is 3.62. The summed E-state index contributed by atoms with van der Waals surface area (Å²) in [6, 6.07) is 2.73. The van der Waals surface area contributed by atoms with Gasteiger partial charge in [0.25, 0.3) is 0 Å². The lowest BCUT2D eigenvalue weighted by atomic mass is 9.95. The zero-order valence-electron chi connectivity index (χ0n) is 11.7. The summed E-state index contributed by atoms with van der Waals surface area (Å²) in [6.07, 6.45) is -3.15. The van der Waals surface area contributed by atoms with Gasteiger partial charge in [0.05, 0.1) is 7.11 Å². The molecular weight excluding hydrogens is 274 g/mol. The summed E-state index contributed by atoms with van der Waals surface area (Å²) in [5.41, 5.74) is 0.642. The van der Waals surface area contributed by atoms with Gasteiger partial charge in [0.15, 0.2) is 0 Å². The Morgan fingerprint density at radius 1 is 1.30 bits per heavy atom. The number of hydrogen-bond acceptors (Lipinski definition) is 2. The van der Waals surface area contributed by atoms with E-state index in [1.165, 1.54) is 19.2 Å². The molecule has 0 aliphatic carbocycles. The molecule has 0 radical (unpaired) electrons. The number of methoxy groups -OCH3 is 1. The second-order valence-corrected chi connectivity index (χ2v) is 4.58. The molecule has 1 rings (SSSR count). The third-order valence-corrected chi connectivity index (χ3v) is 3.06. The van der Waals surface area contributed by atoms with Gasteiger partial charge in [0.2, 0.25) is 0 Å². The zero-order chi connectivity index (χ0) is 15.3. The minimum Gasteiger partial charge on any atom is -0.497 e. The van der Waals surface area contributed by atoms with Crippen LogP contribution in [0.2, 0.25) is 0 Å². The van der Waals surface area contributed by atoms with Gasteiger partial charge in [-0.15, -0.1) is 0 Å². The predicted molar refractivity (Wildman–Crippen MR) is 69.7 cm³/mol. The normalized spacial score (nSPS) is 13.6. The molecule has 0 saturated heterocycles. The first-order chi connectivity index (χ1) is 9.34. The number of alkyl halides is 4. The molecule has 0 heterocycles.